The molecular weight excluding hydrogens is 349 g/mol. The van der Waals surface area contributed by atoms with Gasteiger partial charge in [0.15, 0.2) is 0 Å². The largest absolute Gasteiger partial charge is 0.317 e. The Labute approximate surface area is 153 Å². The number of pyridine rings is 1. The fourth-order valence-corrected chi connectivity index (χ4v) is 3.94. The molecule has 0 aliphatic carbocycles. The first-order chi connectivity index (χ1) is 10.8. The molecule has 126 valence electrons. The van der Waals surface area contributed by atoms with E-state index >= 15 is 0 Å². The molecule has 1 unspecified atom stereocenters. The van der Waals surface area contributed by atoms with Gasteiger partial charge in [0.1, 0.15) is 0 Å². The second kappa shape index (κ2) is 9.60. The number of aromatic nitrogens is 1. The molecule has 0 saturated carbocycles. The molecule has 1 aliphatic rings. The van der Waals surface area contributed by atoms with Crippen LogP contribution in [0, 0.1) is 0 Å². The summed E-state index contributed by atoms with van der Waals surface area (Å²) in [7, 11) is 0. The summed E-state index contributed by atoms with van der Waals surface area (Å²) >= 11 is 7.94. The predicted octanol–water partition coefficient (Wildman–Crippen LogP) is 4.36. The van der Waals surface area contributed by atoms with Crippen LogP contribution in [0.2, 0.25) is 4.34 Å². The predicted molar refractivity (Wildman–Crippen MR) is 101 cm³/mol. The van der Waals surface area contributed by atoms with Gasteiger partial charge in [0.25, 0.3) is 0 Å². The molecule has 3 heterocycles. The van der Waals surface area contributed by atoms with Crippen molar-refractivity contribution in [3.05, 3.63) is 51.4 Å². The summed E-state index contributed by atoms with van der Waals surface area (Å²) in [5, 5.41) is 5.57. The van der Waals surface area contributed by atoms with Crippen LogP contribution in [0.3, 0.4) is 0 Å². The van der Waals surface area contributed by atoms with Gasteiger partial charge < -0.3 is 5.32 Å². The van der Waals surface area contributed by atoms with Crippen LogP contribution in [0.5, 0.6) is 0 Å². The van der Waals surface area contributed by atoms with Crippen molar-refractivity contribution in [2.24, 2.45) is 0 Å². The molecule has 0 bridgehead atoms. The van der Waals surface area contributed by atoms with Crippen molar-refractivity contribution in [2.75, 3.05) is 13.1 Å². The van der Waals surface area contributed by atoms with E-state index in [4.69, 9.17) is 11.6 Å². The van der Waals surface area contributed by atoms with Gasteiger partial charge in [0.2, 0.25) is 0 Å². The van der Waals surface area contributed by atoms with Crippen LogP contribution in [-0.2, 0) is 13.1 Å². The SMILES string of the molecule is Cl.Clc1sccc1CN(Cc1ccccn1)C1CCCNCC1. The molecule has 0 amide bonds. The summed E-state index contributed by atoms with van der Waals surface area (Å²) in [6.45, 7) is 4.02. The summed E-state index contributed by atoms with van der Waals surface area (Å²) < 4.78 is 0.915. The van der Waals surface area contributed by atoms with Crippen molar-refractivity contribution in [1.82, 2.24) is 15.2 Å². The van der Waals surface area contributed by atoms with Gasteiger partial charge in [0.05, 0.1) is 10.0 Å². The number of hydrogen-bond acceptors (Lipinski definition) is 4. The van der Waals surface area contributed by atoms with E-state index < -0.39 is 0 Å². The first kappa shape index (κ1) is 18.7. The summed E-state index contributed by atoms with van der Waals surface area (Å²) in [6.07, 6.45) is 5.54. The number of nitrogens with zero attached hydrogens (tertiary/aromatic N) is 2. The lowest BCUT2D eigenvalue weighted by molar-refractivity contribution is 0.162. The number of rotatable bonds is 5. The second-order valence-electron chi connectivity index (χ2n) is 5.78. The number of hydrogen-bond donors (Lipinski definition) is 1. The molecule has 1 atom stereocenters. The second-order valence-corrected chi connectivity index (χ2v) is 7.30. The Morgan fingerprint density at radius 1 is 1.22 bits per heavy atom. The lowest BCUT2D eigenvalue weighted by Gasteiger charge is -2.30. The van der Waals surface area contributed by atoms with Gasteiger partial charge in [0, 0.05) is 25.3 Å². The first-order valence-electron chi connectivity index (χ1n) is 7.89. The van der Waals surface area contributed by atoms with Crippen molar-refractivity contribution in [3.8, 4) is 0 Å². The number of nitrogens with one attached hydrogen (secondary N) is 1. The number of thiophene rings is 1. The lowest BCUT2D eigenvalue weighted by atomic mass is 10.1. The molecule has 2 aromatic heterocycles. The van der Waals surface area contributed by atoms with Gasteiger partial charge in [-0.25, -0.2) is 0 Å². The molecule has 0 spiro atoms. The van der Waals surface area contributed by atoms with E-state index in [9.17, 15) is 0 Å². The third-order valence-corrected chi connectivity index (χ3v) is 5.47. The van der Waals surface area contributed by atoms with Crippen molar-refractivity contribution in [3.63, 3.8) is 0 Å². The minimum absolute atomic E-state index is 0. The fourth-order valence-electron chi connectivity index (χ4n) is 3.03. The summed E-state index contributed by atoms with van der Waals surface area (Å²) in [5.74, 6) is 0. The maximum atomic E-state index is 6.32. The Bertz CT molecular complexity index is 568. The Morgan fingerprint density at radius 2 is 2.13 bits per heavy atom. The molecule has 0 radical (unpaired) electrons. The lowest BCUT2D eigenvalue weighted by Crippen LogP contribution is -2.35. The standard InChI is InChI=1S/C17H22ClN3S.ClH/c18-17-14(7-11-22-17)12-21(13-15-4-1-2-9-20-15)16-5-3-8-19-10-6-16;/h1-2,4,7,9,11,16,19H,3,5-6,8,10,12-13H2;1H. The Hall–Kier alpha value is -0.650. The zero-order valence-electron chi connectivity index (χ0n) is 13.1. The highest BCUT2D eigenvalue weighted by Crippen LogP contribution is 2.27. The highest BCUT2D eigenvalue weighted by atomic mass is 35.5. The van der Waals surface area contributed by atoms with Gasteiger partial charge in [-0.15, -0.1) is 23.7 Å². The van der Waals surface area contributed by atoms with Crippen LogP contribution < -0.4 is 5.32 Å². The van der Waals surface area contributed by atoms with Crippen LogP contribution in [-0.4, -0.2) is 29.0 Å². The Balaban J connectivity index is 0.00000192. The van der Waals surface area contributed by atoms with Gasteiger partial charge in [-0.05, 0) is 61.5 Å². The van der Waals surface area contributed by atoms with Gasteiger partial charge in [-0.2, -0.15) is 0 Å². The molecule has 6 heteroatoms. The molecule has 2 aromatic rings. The molecule has 1 aliphatic heterocycles. The van der Waals surface area contributed by atoms with E-state index in [0.29, 0.717) is 6.04 Å². The van der Waals surface area contributed by atoms with Gasteiger partial charge >= 0.3 is 0 Å². The summed E-state index contributed by atoms with van der Waals surface area (Å²) in [4.78, 5) is 7.05. The van der Waals surface area contributed by atoms with Crippen molar-refractivity contribution < 1.29 is 0 Å². The summed E-state index contributed by atoms with van der Waals surface area (Å²) in [6, 6.07) is 8.88. The van der Waals surface area contributed by atoms with Crippen LogP contribution in [0.1, 0.15) is 30.5 Å². The fraction of sp³-hybridized carbons (Fsp3) is 0.471. The quantitative estimate of drug-likeness (QED) is 0.845. The number of halogens is 2. The normalized spacial score (nSPS) is 18.4. The van der Waals surface area contributed by atoms with Crippen LogP contribution >= 0.6 is 35.3 Å². The average Bonchev–Trinajstić information content (AvgIpc) is 2.79. The van der Waals surface area contributed by atoms with E-state index in [1.165, 1.54) is 24.8 Å². The molecule has 0 aromatic carbocycles. The van der Waals surface area contributed by atoms with Crippen LogP contribution in [0.4, 0.5) is 0 Å². The molecular formula is C17H23Cl2N3S. The Morgan fingerprint density at radius 3 is 2.87 bits per heavy atom. The smallest absolute Gasteiger partial charge is 0.0973 e. The third kappa shape index (κ3) is 5.44. The van der Waals surface area contributed by atoms with Crippen LogP contribution in [0.25, 0.3) is 0 Å². The molecule has 23 heavy (non-hydrogen) atoms. The van der Waals surface area contributed by atoms with Crippen molar-refractivity contribution in [1.29, 1.82) is 0 Å². The monoisotopic (exact) mass is 371 g/mol. The zero-order chi connectivity index (χ0) is 15.2. The molecule has 1 fully saturated rings. The highest BCUT2D eigenvalue weighted by molar-refractivity contribution is 7.14. The van der Waals surface area contributed by atoms with E-state index in [1.807, 2.05) is 12.3 Å². The van der Waals surface area contributed by atoms with E-state index in [0.717, 1.165) is 36.2 Å². The van der Waals surface area contributed by atoms with Crippen molar-refractivity contribution >= 4 is 35.3 Å². The van der Waals surface area contributed by atoms with Crippen LogP contribution in [0.15, 0.2) is 35.8 Å². The van der Waals surface area contributed by atoms with Gasteiger partial charge in [-0.1, -0.05) is 17.7 Å². The summed E-state index contributed by atoms with van der Waals surface area (Å²) in [5.41, 5.74) is 2.37. The minimum Gasteiger partial charge on any atom is -0.317 e. The molecule has 3 rings (SSSR count). The third-order valence-electron chi connectivity index (χ3n) is 4.22. The minimum atomic E-state index is 0. The first-order valence-corrected chi connectivity index (χ1v) is 9.15. The van der Waals surface area contributed by atoms with Crippen molar-refractivity contribution in [2.45, 2.75) is 38.4 Å². The van der Waals surface area contributed by atoms with E-state index in [2.05, 4.69) is 38.8 Å². The maximum Gasteiger partial charge on any atom is 0.0973 e. The Kier molecular flexibility index (Phi) is 7.80. The van der Waals surface area contributed by atoms with E-state index in [-0.39, 0.29) is 12.4 Å². The maximum absolute atomic E-state index is 6.32. The molecule has 1 saturated heterocycles. The van der Waals surface area contributed by atoms with E-state index in [1.54, 1.807) is 11.3 Å². The van der Waals surface area contributed by atoms with Gasteiger partial charge in [-0.3, -0.25) is 9.88 Å². The topological polar surface area (TPSA) is 28.2 Å². The highest BCUT2D eigenvalue weighted by Gasteiger charge is 2.21. The molecule has 3 nitrogen and oxygen atoms in total. The zero-order valence-corrected chi connectivity index (χ0v) is 15.5. The molecule has 1 N–H and O–H groups in total. The average molecular weight is 372 g/mol.